The molecule has 116 valence electrons. The van der Waals surface area contributed by atoms with E-state index in [-0.39, 0.29) is 6.03 Å². The van der Waals surface area contributed by atoms with Gasteiger partial charge in [-0.15, -0.1) is 11.3 Å². The number of anilines is 1. The maximum atomic E-state index is 12.4. The predicted octanol–water partition coefficient (Wildman–Crippen LogP) is 2.52. The number of urea groups is 1. The van der Waals surface area contributed by atoms with E-state index < -0.39 is 0 Å². The molecule has 0 spiro atoms. The smallest absolute Gasteiger partial charge is 0.320 e. The van der Waals surface area contributed by atoms with E-state index in [1.165, 1.54) is 11.3 Å². The first-order chi connectivity index (χ1) is 11.3. The first-order valence-electron chi connectivity index (χ1n) is 7.22. The Hall–Kier alpha value is -2.74. The minimum atomic E-state index is -0.135. The minimum absolute atomic E-state index is 0.135. The van der Waals surface area contributed by atoms with Crippen molar-refractivity contribution < 1.29 is 4.79 Å². The number of carbonyl (C=O) groups excluding carboxylic acids is 1. The highest BCUT2D eigenvalue weighted by atomic mass is 32.1. The van der Waals surface area contributed by atoms with Gasteiger partial charge in [0.15, 0.2) is 5.13 Å². The number of thiazole rings is 1. The van der Waals surface area contributed by atoms with E-state index in [0.717, 1.165) is 28.9 Å². The van der Waals surface area contributed by atoms with Crippen LogP contribution in [-0.2, 0) is 13.0 Å². The lowest BCUT2D eigenvalue weighted by Gasteiger charge is -2.26. The van der Waals surface area contributed by atoms with Gasteiger partial charge in [0.1, 0.15) is 0 Å². The van der Waals surface area contributed by atoms with Gasteiger partial charge in [-0.2, -0.15) is 5.10 Å². The van der Waals surface area contributed by atoms with Gasteiger partial charge in [-0.05, 0) is 12.1 Å². The van der Waals surface area contributed by atoms with Gasteiger partial charge in [-0.1, -0.05) is 0 Å². The summed E-state index contributed by atoms with van der Waals surface area (Å²) in [5, 5.41) is 12.4. The van der Waals surface area contributed by atoms with Crippen molar-refractivity contribution in [1.29, 1.82) is 0 Å². The molecule has 8 heteroatoms. The molecule has 0 saturated heterocycles. The molecule has 4 rings (SSSR count). The fourth-order valence-corrected chi connectivity index (χ4v) is 3.25. The van der Waals surface area contributed by atoms with Gasteiger partial charge in [0.25, 0.3) is 0 Å². The van der Waals surface area contributed by atoms with Crippen LogP contribution in [0.25, 0.3) is 11.3 Å². The largest absolute Gasteiger partial charge is 0.323 e. The van der Waals surface area contributed by atoms with Crippen LogP contribution < -0.4 is 5.32 Å². The Morgan fingerprint density at radius 2 is 2.35 bits per heavy atom. The Morgan fingerprint density at radius 3 is 3.22 bits per heavy atom. The molecular weight excluding hydrogens is 312 g/mol. The molecule has 1 aliphatic rings. The molecule has 1 aliphatic heterocycles. The van der Waals surface area contributed by atoms with Crippen molar-refractivity contribution >= 4 is 22.5 Å². The van der Waals surface area contributed by atoms with Gasteiger partial charge in [0.05, 0.1) is 18.4 Å². The summed E-state index contributed by atoms with van der Waals surface area (Å²) in [5.74, 6) is 0. The van der Waals surface area contributed by atoms with Crippen molar-refractivity contribution in [2.45, 2.75) is 13.0 Å². The third-order valence-electron chi connectivity index (χ3n) is 3.76. The number of fused-ring (bicyclic) bond motifs is 1. The monoisotopic (exact) mass is 326 g/mol. The Bertz CT molecular complexity index is 827. The van der Waals surface area contributed by atoms with E-state index in [1.807, 2.05) is 17.5 Å². The van der Waals surface area contributed by atoms with Crippen molar-refractivity contribution in [2.24, 2.45) is 0 Å². The summed E-state index contributed by atoms with van der Waals surface area (Å²) >= 11 is 1.41. The molecule has 2 N–H and O–H groups in total. The number of pyridine rings is 1. The molecule has 4 heterocycles. The minimum Gasteiger partial charge on any atom is -0.320 e. The van der Waals surface area contributed by atoms with E-state index >= 15 is 0 Å². The molecule has 2 amide bonds. The standard InChI is InChI=1S/C15H14N6OS/c22-15(21-5-3-12-11(8-21)7-17-20-12)19-14-18-13(9-23-14)10-2-1-4-16-6-10/h1-2,4,6-7,9H,3,5,8H2,(H,17,20)(H,18,19,22). The normalized spacial score (nSPS) is 13.7. The average molecular weight is 326 g/mol. The summed E-state index contributed by atoms with van der Waals surface area (Å²) in [5.41, 5.74) is 3.93. The second-order valence-corrected chi connectivity index (χ2v) is 6.11. The van der Waals surface area contributed by atoms with E-state index in [4.69, 9.17) is 0 Å². The van der Waals surface area contributed by atoms with Gasteiger partial charge in [0, 0.05) is 47.6 Å². The fraction of sp³-hybridized carbons (Fsp3) is 0.200. The number of carbonyl (C=O) groups is 1. The molecule has 7 nitrogen and oxygen atoms in total. The maximum Gasteiger partial charge on any atom is 0.323 e. The summed E-state index contributed by atoms with van der Waals surface area (Å²) in [6, 6.07) is 3.67. The summed E-state index contributed by atoms with van der Waals surface area (Å²) in [4.78, 5) is 22.7. The number of nitrogens with zero attached hydrogens (tertiary/aromatic N) is 4. The van der Waals surface area contributed by atoms with E-state index in [2.05, 4.69) is 25.5 Å². The molecule has 23 heavy (non-hydrogen) atoms. The Morgan fingerprint density at radius 1 is 1.39 bits per heavy atom. The molecule has 0 fully saturated rings. The quantitative estimate of drug-likeness (QED) is 0.757. The third-order valence-corrected chi connectivity index (χ3v) is 4.52. The van der Waals surface area contributed by atoms with Crippen molar-refractivity contribution in [2.75, 3.05) is 11.9 Å². The van der Waals surface area contributed by atoms with Crippen molar-refractivity contribution in [3.63, 3.8) is 0 Å². The summed E-state index contributed by atoms with van der Waals surface area (Å²) in [6.45, 7) is 1.24. The number of aromatic nitrogens is 4. The van der Waals surface area contributed by atoms with Crippen LogP contribution in [0.1, 0.15) is 11.3 Å². The zero-order valence-electron chi connectivity index (χ0n) is 12.2. The molecular formula is C15H14N6OS. The van der Waals surface area contributed by atoms with Crippen LogP contribution in [0.2, 0.25) is 0 Å². The van der Waals surface area contributed by atoms with Crippen LogP contribution in [0.4, 0.5) is 9.93 Å². The molecule has 3 aromatic heterocycles. The first kappa shape index (κ1) is 13.9. The lowest BCUT2D eigenvalue weighted by Crippen LogP contribution is -2.38. The number of H-pyrrole nitrogens is 1. The highest BCUT2D eigenvalue weighted by Crippen LogP contribution is 2.25. The number of aromatic amines is 1. The Kier molecular flexibility index (Phi) is 3.51. The van der Waals surface area contributed by atoms with Gasteiger partial charge in [-0.25, -0.2) is 9.78 Å². The van der Waals surface area contributed by atoms with E-state index in [9.17, 15) is 4.79 Å². The number of hydrogen-bond acceptors (Lipinski definition) is 5. The van der Waals surface area contributed by atoms with Crippen molar-refractivity contribution in [3.8, 4) is 11.3 Å². The number of rotatable bonds is 2. The van der Waals surface area contributed by atoms with Crippen LogP contribution >= 0.6 is 11.3 Å². The molecule has 0 saturated carbocycles. The fourth-order valence-electron chi connectivity index (χ4n) is 2.54. The van der Waals surface area contributed by atoms with E-state index in [0.29, 0.717) is 18.2 Å². The number of hydrogen-bond donors (Lipinski definition) is 2. The molecule has 0 unspecified atom stereocenters. The second kappa shape index (κ2) is 5.81. The van der Waals surface area contributed by atoms with Gasteiger partial charge < -0.3 is 4.90 Å². The van der Waals surface area contributed by atoms with Crippen molar-refractivity contribution in [1.82, 2.24) is 25.1 Å². The highest BCUT2D eigenvalue weighted by molar-refractivity contribution is 7.14. The van der Waals surface area contributed by atoms with Crippen molar-refractivity contribution in [3.05, 3.63) is 47.4 Å². The molecule has 0 atom stereocenters. The molecule has 0 aromatic carbocycles. The second-order valence-electron chi connectivity index (χ2n) is 5.26. The average Bonchev–Trinajstić information content (AvgIpc) is 3.24. The van der Waals surface area contributed by atoms with Gasteiger partial charge in [0.2, 0.25) is 0 Å². The Balaban J connectivity index is 1.45. The van der Waals surface area contributed by atoms with E-state index in [1.54, 1.807) is 23.5 Å². The van der Waals surface area contributed by atoms with Crippen LogP contribution in [0.3, 0.4) is 0 Å². The summed E-state index contributed by atoms with van der Waals surface area (Å²) < 4.78 is 0. The van der Waals surface area contributed by atoms with Crippen LogP contribution in [-0.4, -0.2) is 37.6 Å². The molecule has 0 radical (unpaired) electrons. The lowest BCUT2D eigenvalue weighted by molar-refractivity contribution is 0.206. The number of nitrogens with one attached hydrogen (secondary N) is 2. The number of amides is 2. The van der Waals surface area contributed by atoms with Crippen LogP contribution in [0, 0.1) is 0 Å². The SMILES string of the molecule is O=C(Nc1nc(-c2cccnc2)cs1)N1CCc2[nH]ncc2C1. The van der Waals surface area contributed by atoms with Crippen LogP contribution in [0.5, 0.6) is 0 Å². The summed E-state index contributed by atoms with van der Waals surface area (Å²) in [7, 11) is 0. The van der Waals surface area contributed by atoms with Crippen LogP contribution in [0.15, 0.2) is 36.1 Å². The molecule has 0 bridgehead atoms. The lowest BCUT2D eigenvalue weighted by atomic mass is 10.1. The first-order valence-corrected chi connectivity index (χ1v) is 8.10. The zero-order valence-corrected chi connectivity index (χ0v) is 13.0. The highest BCUT2D eigenvalue weighted by Gasteiger charge is 2.22. The topological polar surface area (TPSA) is 86.8 Å². The molecule has 3 aromatic rings. The predicted molar refractivity (Wildman–Crippen MR) is 87.1 cm³/mol. The maximum absolute atomic E-state index is 12.4. The zero-order chi connectivity index (χ0) is 15.6. The molecule has 0 aliphatic carbocycles. The third kappa shape index (κ3) is 2.80. The summed E-state index contributed by atoms with van der Waals surface area (Å²) in [6.07, 6.45) is 6.05. The van der Waals surface area contributed by atoms with Gasteiger partial charge >= 0.3 is 6.03 Å². The Labute approximate surface area is 136 Å². The van der Waals surface area contributed by atoms with Gasteiger partial charge in [-0.3, -0.25) is 15.4 Å².